The predicted molar refractivity (Wildman–Crippen MR) is 60.6 cm³/mol. The lowest BCUT2D eigenvalue weighted by Gasteiger charge is -2.14. The molecule has 0 aliphatic carbocycles. The summed E-state index contributed by atoms with van der Waals surface area (Å²) in [5, 5.41) is 13.3. The Bertz CT molecular complexity index is 371. The number of hydrogen-bond acceptors (Lipinski definition) is 2. The lowest BCUT2D eigenvalue weighted by Crippen LogP contribution is -2.11. The zero-order chi connectivity index (χ0) is 11.4. The van der Waals surface area contributed by atoms with E-state index in [2.05, 4.69) is 31.9 Å². The van der Waals surface area contributed by atoms with Gasteiger partial charge in [0.15, 0.2) is 0 Å². The Kier molecular flexibility index (Phi) is 3.90. The predicted octanol–water partition coefficient (Wildman–Crippen LogP) is 2.93. The van der Waals surface area contributed by atoms with Crippen molar-refractivity contribution in [3.63, 3.8) is 0 Å². The zero-order valence-corrected chi connectivity index (χ0v) is 10.0. The molecule has 0 fully saturated rings. The van der Waals surface area contributed by atoms with Gasteiger partial charge in [0.1, 0.15) is 0 Å². The third kappa shape index (κ3) is 2.20. The topological polar surface area (TPSA) is 41.6 Å². The van der Waals surface area contributed by atoms with E-state index in [4.69, 9.17) is 5.26 Å². The lowest BCUT2D eigenvalue weighted by atomic mass is 10.1. The number of nitriles is 1. The van der Waals surface area contributed by atoms with Crippen LogP contribution < -0.4 is 0 Å². The average molecular weight is 205 g/mol. The van der Waals surface area contributed by atoms with Gasteiger partial charge in [-0.05, 0) is 32.3 Å². The molecule has 1 heterocycles. The molecule has 0 aliphatic rings. The molecule has 0 bridgehead atoms. The molecule has 0 spiro atoms. The minimum absolute atomic E-state index is 0.231. The van der Waals surface area contributed by atoms with Gasteiger partial charge in [0, 0.05) is 5.69 Å². The quantitative estimate of drug-likeness (QED) is 0.758. The van der Waals surface area contributed by atoms with E-state index < -0.39 is 0 Å². The first-order valence-corrected chi connectivity index (χ1v) is 5.57. The van der Waals surface area contributed by atoms with Crippen LogP contribution in [0.4, 0.5) is 0 Å². The second-order valence-electron chi connectivity index (χ2n) is 3.87. The summed E-state index contributed by atoms with van der Waals surface area (Å²) in [7, 11) is 0. The van der Waals surface area contributed by atoms with E-state index in [1.165, 1.54) is 11.3 Å². The summed E-state index contributed by atoms with van der Waals surface area (Å²) in [5.41, 5.74) is 3.65. The monoisotopic (exact) mass is 205 g/mol. The molecule has 1 aromatic heterocycles. The normalized spacial score (nSPS) is 12.5. The largest absolute Gasteiger partial charge is 0.265 e. The Balaban J connectivity index is 3.09. The summed E-state index contributed by atoms with van der Waals surface area (Å²) in [6, 6.07) is 2.46. The van der Waals surface area contributed by atoms with Crippen LogP contribution in [-0.4, -0.2) is 9.78 Å². The molecule has 3 nitrogen and oxygen atoms in total. The van der Waals surface area contributed by atoms with Crippen LogP contribution in [0.3, 0.4) is 0 Å². The van der Waals surface area contributed by atoms with Gasteiger partial charge in [0.2, 0.25) is 0 Å². The first-order chi connectivity index (χ1) is 7.15. The standard InChI is InChI=1S/C12H19N3/c1-5-11(7-8-13)15-10(4)12(6-2)9(3)14-15/h11H,5-7H2,1-4H3. The molecule has 0 aromatic carbocycles. The lowest BCUT2D eigenvalue weighted by molar-refractivity contribution is 0.437. The van der Waals surface area contributed by atoms with Gasteiger partial charge in [-0.25, -0.2) is 0 Å². The highest BCUT2D eigenvalue weighted by atomic mass is 15.3. The Hall–Kier alpha value is -1.30. The van der Waals surface area contributed by atoms with Gasteiger partial charge in [-0.3, -0.25) is 4.68 Å². The van der Waals surface area contributed by atoms with Crippen molar-refractivity contribution in [2.24, 2.45) is 0 Å². The molecule has 0 aliphatic heterocycles. The maximum Gasteiger partial charge on any atom is 0.0649 e. The number of aryl methyl sites for hydroxylation is 1. The number of hydrogen-bond donors (Lipinski definition) is 0. The molecule has 1 atom stereocenters. The molecule has 0 saturated carbocycles. The van der Waals surface area contributed by atoms with Crippen molar-refractivity contribution in [1.29, 1.82) is 5.26 Å². The fourth-order valence-corrected chi connectivity index (χ4v) is 2.07. The van der Waals surface area contributed by atoms with Crippen LogP contribution in [0.5, 0.6) is 0 Å². The zero-order valence-electron chi connectivity index (χ0n) is 10.0. The van der Waals surface area contributed by atoms with Crippen molar-refractivity contribution in [3.8, 4) is 6.07 Å². The van der Waals surface area contributed by atoms with Crippen LogP contribution in [0.2, 0.25) is 0 Å². The van der Waals surface area contributed by atoms with Crippen molar-refractivity contribution < 1.29 is 0 Å². The number of aromatic nitrogens is 2. The summed E-state index contributed by atoms with van der Waals surface area (Å²) in [4.78, 5) is 0. The van der Waals surface area contributed by atoms with E-state index in [0.29, 0.717) is 6.42 Å². The van der Waals surface area contributed by atoms with Gasteiger partial charge in [-0.15, -0.1) is 0 Å². The first-order valence-electron chi connectivity index (χ1n) is 5.57. The van der Waals surface area contributed by atoms with Gasteiger partial charge in [0.25, 0.3) is 0 Å². The maximum absolute atomic E-state index is 8.76. The van der Waals surface area contributed by atoms with Crippen LogP contribution in [0.15, 0.2) is 0 Å². The van der Waals surface area contributed by atoms with Gasteiger partial charge in [0.05, 0.1) is 24.2 Å². The molecule has 0 radical (unpaired) electrons. The molecule has 0 saturated heterocycles. The van der Waals surface area contributed by atoms with Crippen LogP contribution in [0.25, 0.3) is 0 Å². The highest BCUT2D eigenvalue weighted by molar-refractivity contribution is 5.24. The third-order valence-corrected chi connectivity index (χ3v) is 2.97. The van der Waals surface area contributed by atoms with E-state index in [1.807, 2.05) is 11.6 Å². The van der Waals surface area contributed by atoms with E-state index in [1.54, 1.807) is 0 Å². The van der Waals surface area contributed by atoms with E-state index >= 15 is 0 Å². The van der Waals surface area contributed by atoms with Crippen molar-refractivity contribution >= 4 is 0 Å². The Morgan fingerprint density at radius 1 is 1.40 bits per heavy atom. The number of rotatable bonds is 4. The average Bonchev–Trinajstić information content (AvgIpc) is 2.50. The van der Waals surface area contributed by atoms with Gasteiger partial charge >= 0.3 is 0 Å². The SMILES string of the molecule is CCc1c(C)nn(C(CC)CC#N)c1C. The minimum Gasteiger partial charge on any atom is -0.265 e. The fourth-order valence-electron chi connectivity index (χ4n) is 2.07. The summed E-state index contributed by atoms with van der Waals surface area (Å²) >= 11 is 0. The molecule has 0 amide bonds. The fraction of sp³-hybridized carbons (Fsp3) is 0.667. The molecular formula is C12H19N3. The van der Waals surface area contributed by atoms with Crippen molar-refractivity contribution in [2.45, 2.75) is 53.0 Å². The van der Waals surface area contributed by atoms with E-state index in [-0.39, 0.29) is 6.04 Å². The smallest absolute Gasteiger partial charge is 0.0649 e. The summed E-state index contributed by atoms with van der Waals surface area (Å²) < 4.78 is 2.03. The summed E-state index contributed by atoms with van der Waals surface area (Å²) in [5.74, 6) is 0. The van der Waals surface area contributed by atoms with Gasteiger partial charge in [-0.1, -0.05) is 13.8 Å². The molecule has 1 rings (SSSR count). The molecule has 1 aromatic rings. The van der Waals surface area contributed by atoms with Crippen LogP contribution >= 0.6 is 0 Å². The molecular weight excluding hydrogens is 186 g/mol. The summed E-state index contributed by atoms with van der Waals surface area (Å²) in [6.07, 6.45) is 2.51. The Labute approximate surface area is 91.7 Å². The highest BCUT2D eigenvalue weighted by Crippen LogP contribution is 2.21. The second-order valence-corrected chi connectivity index (χ2v) is 3.87. The van der Waals surface area contributed by atoms with Crippen molar-refractivity contribution in [1.82, 2.24) is 9.78 Å². The van der Waals surface area contributed by atoms with Crippen LogP contribution in [0, 0.1) is 25.2 Å². The third-order valence-electron chi connectivity index (χ3n) is 2.97. The van der Waals surface area contributed by atoms with Crippen molar-refractivity contribution in [3.05, 3.63) is 17.0 Å². The Morgan fingerprint density at radius 3 is 2.47 bits per heavy atom. The highest BCUT2D eigenvalue weighted by Gasteiger charge is 2.16. The van der Waals surface area contributed by atoms with Gasteiger partial charge < -0.3 is 0 Å². The minimum atomic E-state index is 0.231. The van der Waals surface area contributed by atoms with Crippen molar-refractivity contribution in [2.75, 3.05) is 0 Å². The molecule has 1 unspecified atom stereocenters. The van der Waals surface area contributed by atoms with E-state index in [0.717, 1.165) is 18.5 Å². The maximum atomic E-state index is 8.76. The second kappa shape index (κ2) is 4.97. The summed E-state index contributed by atoms with van der Waals surface area (Å²) in [6.45, 7) is 8.39. The molecule has 15 heavy (non-hydrogen) atoms. The van der Waals surface area contributed by atoms with Crippen LogP contribution in [-0.2, 0) is 6.42 Å². The van der Waals surface area contributed by atoms with E-state index in [9.17, 15) is 0 Å². The first kappa shape index (κ1) is 11.8. The number of nitrogens with zero attached hydrogens (tertiary/aromatic N) is 3. The Morgan fingerprint density at radius 2 is 2.07 bits per heavy atom. The van der Waals surface area contributed by atoms with Gasteiger partial charge in [-0.2, -0.15) is 10.4 Å². The molecule has 0 N–H and O–H groups in total. The molecule has 3 heteroatoms. The van der Waals surface area contributed by atoms with Crippen LogP contribution in [0.1, 0.15) is 49.7 Å². The molecule has 82 valence electrons.